The highest BCUT2D eigenvalue weighted by atomic mass is 16.1. The van der Waals surface area contributed by atoms with Gasteiger partial charge < -0.3 is 0 Å². The molecule has 4 aromatic carbocycles. The third-order valence-corrected chi connectivity index (χ3v) is 6.20. The first kappa shape index (κ1) is 18.3. The Balaban J connectivity index is 1.64. The van der Waals surface area contributed by atoms with Crippen molar-refractivity contribution in [3.05, 3.63) is 129 Å². The van der Waals surface area contributed by atoms with Crippen molar-refractivity contribution in [3.8, 4) is 11.1 Å². The summed E-state index contributed by atoms with van der Waals surface area (Å²) in [6, 6.07) is 23.6. The fourth-order valence-corrected chi connectivity index (χ4v) is 4.74. The second-order valence-corrected chi connectivity index (χ2v) is 7.86. The SMILES string of the molecule is O=C1c2ccccc2C(=O)c2c1cccc2-c1cccc2c1C(=O)c1ccccc1C2=O. The Hall–Kier alpha value is -4.44. The lowest BCUT2D eigenvalue weighted by Crippen LogP contribution is -2.24. The van der Waals surface area contributed by atoms with Gasteiger partial charge in [-0.15, -0.1) is 0 Å². The van der Waals surface area contributed by atoms with Crippen LogP contribution in [0.15, 0.2) is 84.9 Å². The highest BCUT2D eigenvalue weighted by Gasteiger charge is 2.35. The first-order valence-electron chi connectivity index (χ1n) is 10.2. The Morgan fingerprint density at radius 1 is 0.281 bits per heavy atom. The average Bonchev–Trinajstić information content (AvgIpc) is 2.85. The van der Waals surface area contributed by atoms with E-state index in [-0.39, 0.29) is 34.3 Å². The molecule has 0 heterocycles. The van der Waals surface area contributed by atoms with Crippen molar-refractivity contribution in [1.82, 2.24) is 0 Å². The number of rotatable bonds is 1. The van der Waals surface area contributed by atoms with E-state index >= 15 is 0 Å². The molecule has 32 heavy (non-hydrogen) atoms. The van der Waals surface area contributed by atoms with E-state index in [0.717, 1.165) is 0 Å². The number of hydrogen-bond donors (Lipinski definition) is 0. The van der Waals surface area contributed by atoms with Crippen molar-refractivity contribution >= 4 is 23.1 Å². The summed E-state index contributed by atoms with van der Waals surface area (Å²) in [6.45, 7) is 0. The molecule has 0 fully saturated rings. The Bertz CT molecular complexity index is 1420. The fraction of sp³-hybridized carbons (Fsp3) is 0. The standard InChI is InChI=1S/C28H14O4/c29-25-17-7-1-3-9-19(17)27(31)23-15(11-5-13-21(23)25)16-12-6-14-22-24(16)28(32)20-10-4-2-8-18(20)26(22)30/h1-14H. The molecule has 0 unspecified atom stereocenters. The van der Waals surface area contributed by atoms with Gasteiger partial charge in [0.15, 0.2) is 23.1 Å². The van der Waals surface area contributed by atoms with Crippen LogP contribution in [0.1, 0.15) is 63.7 Å². The molecule has 0 aliphatic heterocycles. The van der Waals surface area contributed by atoms with Crippen molar-refractivity contribution < 1.29 is 19.2 Å². The summed E-state index contributed by atoms with van der Waals surface area (Å²) in [5, 5.41) is 0. The van der Waals surface area contributed by atoms with E-state index in [2.05, 4.69) is 0 Å². The maximum atomic E-state index is 13.5. The summed E-state index contributed by atoms with van der Waals surface area (Å²) in [4.78, 5) is 53.2. The van der Waals surface area contributed by atoms with Crippen LogP contribution in [0.4, 0.5) is 0 Å². The number of carbonyl (C=O) groups is 4. The Morgan fingerprint density at radius 2 is 0.562 bits per heavy atom. The maximum Gasteiger partial charge on any atom is 0.195 e. The van der Waals surface area contributed by atoms with Gasteiger partial charge in [0.1, 0.15) is 0 Å². The van der Waals surface area contributed by atoms with Gasteiger partial charge in [-0.05, 0) is 11.1 Å². The summed E-state index contributed by atoms with van der Waals surface area (Å²) >= 11 is 0. The van der Waals surface area contributed by atoms with Crippen molar-refractivity contribution in [2.75, 3.05) is 0 Å². The van der Waals surface area contributed by atoms with Crippen LogP contribution in [0.25, 0.3) is 11.1 Å². The molecule has 0 saturated heterocycles. The average molecular weight is 414 g/mol. The lowest BCUT2D eigenvalue weighted by Gasteiger charge is -2.23. The number of ketones is 4. The lowest BCUT2D eigenvalue weighted by atomic mass is 9.76. The van der Waals surface area contributed by atoms with E-state index in [1.54, 1.807) is 84.9 Å². The molecule has 0 radical (unpaired) electrons. The first-order chi connectivity index (χ1) is 15.6. The second kappa shape index (κ2) is 6.53. The van der Waals surface area contributed by atoms with Crippen molar-refractivity contribution in [2.45, 2.75) is 0 Å². The van der Waals surface area contributed by atoms with Crippen molar-refractivity contribution in [2.24, 2.45) is 0 Å². The number of hydrogen-bond acceptors (Lipinski definition) is 4. The van der Waals surface area contributed by atoms with E-state index in [1.807, 2.05) is 0 Å². The van der Waals surface area contributed by atoms with E-state index in [9.17, 15) is 19.2 Å². The van der Waals surface area contributed by atoms with Gasteiger partial charge in [0.2, 0.25) is 0 Å². The highest BCUT2D eigenvalue weighted by molar-refractivity contribution is 6.33. The zero-order valence-electron chi connectivity index (χ0n) is 16.7. The third-order valence-electron chi connectivity index (χ3n) is 6.20. The van der Waals surface area contributed by atoms with E-state index in [4.69, 9.17) is 0 Å². The molecule has 4 aromatic rings. The van der Waals surface area contributed by atoms with Gasteiger partial charge in [0, 0.05) is 44.5 Å². The van der Waals surface area contributed by atoms with Crippen LogP contribution < -0.4 is 0 Å². The molecule has 150 valence electrons. The monoisotopic (exact) mass is 414 g/mol. The molecule has 4 heteroatoms. The largest absolute Gasteiger partial charge is 0.289 e. The van der Waals surface area contributed by atoms with E-state index in [0.29, 0.717) is 44.5 Å². The van der Waals surface area contributed by atoms with Crippen LogP contribution in [0.5, 0.6) is 0 Å². The molecule has 0 atom stereocenters. The highest BCUT2D eigenvalue weighted by Crippen LogP contribution is 2.39. The van der Waals surface area contributed by atoms with E-state index in [1.165, 1.54) is 0 Å². The molecule has 4 nitrogen and oxygen atoms in total. The molecular weight excluding hydrogens is 400 g/mol. The molecule has 0 spiro atoms. The van der Waals surface area contributed by atoms with Gasteiger partial charge in [-0.2, -0.15) is 0 Å². The Morgan fingerprint density at radius 3 is 0.938 bits per heavy atom. The molecule has 0 N–H and O–H groups in total. The Labute approximate surface area is 183 Å². The van der Waals surface area contributed by atoms with E-state index < -0.39 is 0 Å². The molecule has 2 aliphatic carbocycles. The molecule has 0 aromatic heterocycles. The van der Waals surface area contributed by atoms with Gasteiger partial charge in [0.05, 0.1) is 0 Å². The lowest BCUT2D eigenvalue weighted by molar-refractivity contribution is 0.0978. The quantitative estimate of drug-likeness (QED) is 0.384. The second-order valence-electron chi connectivity index (χ2n) is 7.86. The van der Waals surface area contributed by atoms with Crippen LogP contribution in [-0.2, 0) is 0 Å². The van der Waals surface area contributed by atoms with Crippen LogP contribution in [-0.4, -0.2) is 23.1 Å². The zero-order valence-corrected chi connectivity index (χ0v) is 16.7. The molecule has 0 saturated carbocycles. The molecule has 0 amide bonds. The zero-order chi connectivity index (χ0) is 22.0. The molecule has 0 bridgehead atoms. The number of benzene rings is 4. The summed E-state index contributed by atoms with van der Waals surface area (Å²) in [5.74, 6) is -0.985. The Kier molecular flexibility index (Phi) is 3.74. The predicted molar refractivity (Wildman–Crippen MR) is 118 cm³/mol. The number of fused-ring (bicyclic) bond motifs is 4. The normalized spacial score (nSPS) is 13.9. The van der Waals surface area contributed by atoms with Gasteiger partial charge in [-0.25, -0.2) is 0 Å². The first-order valence-corrected chi connectivity index (χ1v) is 10.2. The minimum absolute atomic E-state index is 0.227. The van der Waals surface area contributed by atoms with Crippen LogP contribution in [0, 0.1) is 0 Å². The summed E-state index contributed by atoms with van der Waals surface area (Å²) in [6.07, 6.45) is 0. The van der Waals surface area contributed by atoms with Gasteiger partial charge in [-0.3, -0.25) is 19.2 Å². The fourth-order valence-electron chi connectivity index (χ4n) is 4.74. The maximum absolute atomic E-state index is 13.5. The minimum atomic E-state index is -0.265. The summed E-state index contributed by atoms with van der Waals surface area (Å²) in [5.41, 5.74) is 3.53. The van der Waals surface area contributed by atoms with Crippen molar-refractivity contribution in [3.63, 3.8) is 0 Å². The van der Waals surface area contributed by atoms with Gasteiger partial charge in [0.25, 0.3) is 0 Å². The predicted octanol–water partition coefficient (Wildman–Crippen LogP) is 4.90. The molecule has 6 rings (SSSR count). The van der Waals surface area contributed by atoms with Crippen LogP contribution >= 0.6 is 0 Å². The molecule has 2 aliphatic rings. The van der Waals surface area contributed by atoms with Crippen LogP contribution in [0.3, 0.4) is 0 Å². The molecular formula is C28H14O4. The van der Waals surface area contributed by atoms with Crippen LogP contribution in [0.2, 0.25) is 0 Å². The van der Waals surface area contributed by atoms with Crippen molar-refractivity contribution in [1.29, 1.82) is 0 Å². The summed E-state index contributed by atoms with van der Waals surface area (Å²) in [7, 11) is 0. The smallest absolute Gasteiger partial charge is 0.195 e. The van der Waals surface area contributed by atoms with Gasteiger partial charge >= 0.3 is 0 Å². The van der Waals surface area contributed by atoms with Gasteiger partial charge in [-0.1, -0.05) is 84.9 Å². The summed E-state index contributed by atoms with van der Waals surface area (Å²) < 4.78 is 0. The number of carbonyl (C=O) groups excluding carboxylic acids is 4. The topological polar surface area (TPSA) is 68.3 Å². The minimum Gasteiger partial charge on any atom is -0.289 e. The third kappa shape index (κ3) is 2.32.